The predicted octanol–water partition coefficient (Wildman–Crippen LogP) is 11.8. The maximum Gasteiger partial charge on any atom is 0.0775 e. The van der Waals surface area contributed by atoms with Crippen LogP contribution in [-0.2, 0) is 0 Å². The minimum atomic E-state index is -1.29. The van der Waals surface area contributed by atoms with Crippen molar-refractivity contribution in [2.45, 2.75) is 19.6 Å². The van der Waals surface area contributed by atoms with E-state index in [2.05, 4.69) is 159 Å². The number of aromatic nitrogens is 1. The lowest BCUT2D eigenvalue weighted by Crippen LogP contribution is -2.37. The predicted molar refractivity (Wildman–Crippen MR) is 199 cm³/mol. The third-order valence-electron chi connectivity index (χ3n) is 8.91. The first-order chi connectivity index (χ1) is 21.9. The number of benzene rings is 6. The Kier molecular flexibility index (Phi) is 6.74. The Morgan fingerprint density at radius 2 is 0.956 bits per heavy atom. The van der Waals surface area contributed by atoms with Crippen LogP contribution in [-0.4, -0.2) is 13.1 Å². The molecular formula is C42H33NSSi. The van der Waals surface area contributed by atoms with E-state index in [0.29, 0.717) is 0 Å². The second kappa shape index (κ2) is 11.0. The molecule has 216 valence electrons. The molecule has 45 heavy (non-hydrogen) atoms. The standard InChI is InChI=1S/C42H33NSSi/c1-45(2,3)37-21-18-29(19-22-37)28-8-10-31(11-9-28)34-16-17-35-24-36(27-43-40(35)26-34)32-14-12-30(13-15-32)33-20-23-42-39(25-33)38-6-4-5-7-41(38)44-42/h4-27H,1-3H3. The first kappa shape index (κ1) is 27.7. The molecule has 1 nitrogen and oxygen atoms in total. The lowest BCUT2D eigenvalue weighted by molar-refractivity contribution is 1.41. The van der Waals surface area contributed by atoms with Crippen LogP contribution in [0.25, 0.3) is 75.6 Å². The minimum absolute atomic E-state index is 1.01. The molecule has 6 aromatic carbocycles. The van der Waals surface area contributed by atoms with E-state index in [4.69, 9.17) is 4.98 Å². The molecule has 0 amide bonds. The van der Waals surface area contributed by atoms with Gasteiger partial charge in [0.25, 0.3) is 0 Å². The summed E-state index contributed by atoms with van der Waals surface area (Å²) in [5, 5.41) is 5.31. The van der Waals surface area contributed by atoms with Crippen LogP contribution < -0.4 is 5.19 Å². The number of fused-ring (bicyclic) bond motifs is 4. The molecule has 0 aliphatic rings. The summed E-state index contributed by atoms with van der Waals surface area (Å²) in [6.45, 7) is 7.17. The SMILES string of the molecule is C[Si](C)(C)c1ccc(-c2ccc(-c3ccc4cc(-c5ccc(-c6ccc7sc8ccccc8c7c6)cc5)cnc4c3)cc2)cc1. The molecule has 8 rings (SSSR count). The molecule has 0 bridgehead atoms. The van der Waals surface area contributed by atoms with Crippen LogP contribution in [0.5, 0.6) is 0 Å². The topological polar surface area (TPSA) is 12.9 Å². The number of pyridine rings is 1. The van der Waals surface area contributed by atoms with E-state index in [1.165, 1.54) is 64.3 Å². The van der Waals surface area contributed by atoms with E-state index in [1.807, 2.05) is 17.5 Å². The van der Waals surface area contributed by atoms with Crippen molar-refractivity contribution in [3.8, 4) is 44.5 Å². The number of hydrogen-bond acceptors (Lipinski definition) is 2. The minimum Gasteiger partial charge on any atom is -0.256 e. The average Bonchev–Trinajstić information content (AvgIpc) is 3.46. The van der Waals surface area contributed by atoms with E-state index in [-0.39, 0.29) is 0 Å². The number of thiophene rings is 1. The van der Waals surface area contributed by atoms with Gasteiger partial charge in [-0.05, 0) is 69.3 Å². The summed E-state index contributed by atoms with van der Waals surface area (Å²) in [7, 11) is -1.29. The zero-order valence-electron chi connectivity index (χ0n) is 25.7. The first-order valence-electron chi connectivity index (χ1n) is 15.5. The zero-order chi connectivity index (χ0) is 30.5. The van der Waals surface area contributed by atoms with Gasteiger partial charge in [0, 0.05) is 37.3 Å². The third-order valence-corrected chi connectivity index (χ3v) is 12.1. The Balaban J connectivity index is 1.02. The molecular weight excluding hydrogens is 579 g/mol. The maximum atomic E-state index is 4.88. The summed E-state index contributed by atoms with van der Waals surface area (Å²) in [5.74, 6) is 0. The molecule has 0 fully saturated rings. The summed E-state index contributed by atoms with van der Waals surface area (Å²) in [6, 6.07) is 51.2. The average molecular weight is 612 g/mol. The largest absolute Gasteiger partial charge is 0.256 e. The van der Waals surface area contributed by atoms with Gasteiger partial charge in [0.05, 0.1) is 13.6 Å². The van der Waals surface area contributed by atoms with Crippen molar-refractivity contribution in [1.29, 1.82) is 0 Å². The van der Waals surface area contributed by atoms with Gasteiger partial charge in [0.2, 0.25) is 0 Å². The van der Waals surface area contributed by atoms with Gasteiger partial charge < -0.3 is 0 Å². The van der Waals surface area contributed by atoms with Crippen molar-refractivity contribution in [3.05, 3.63) is 146 Å². The van der Waals surface area contributed by atoms with Gasteiger partial charge in [0.1, 0.15) is 0 Å². The van der Waals surface area contributed by atoms with Crippen molar-refractivity contribution in [3.63, 3.8) is 0 Å². The van der Waals surface area contributed by atoms with Crippen LogP contribution in [0.15, 0.2) is 146 Å². The Labute approximate surface area is 269 Å². The fraction of sp³-hybridized carbons (Fsp3) is 0.0714. The van der Waals surface area contributed by atoms with Crippen LogP contribution in [0.3, 0.4) is 0 Å². The lowest BCUT2D eigenvalue weighted by Gasteiger charge is -2.16. The van der Waals surface area contributed by atoms with E-state index >= 15 is 0 Å². The first-order valence-corrected chi connectivity index (χ1v) is 19.8. The van der Waals surface area contributed by atoms with Gasteiger partial charge in [0.15, 0.2) is 0 Å². The van der Waals surface area contributed by atoms with Crippen LogP contribution >= 0.6 is 11.3 Å². The van der Waals surface area contributed by atoms with E-state index in [0.717, 1.165) is 16.5 Å². The summed E-state index contributed by atoms with van der Waals surface area (Å²) in [6.07, 6.45) is 2.00. The highest BCUT2D eigenvalue weighted by Crippen LogP contribution is 2.37. The number of rotatable bonds is 5. The van der Waals surface area contributed by atoms with Crippen LogP contribution in [0.4, 0.5) is 0 Å². The highest BCUT2D eigenvalue weighted by Gasteiger charge is 2.16. The Hall–Kier alpha value is -4.83. The summed E-state index contributed by atoms with van der Waals surface area (Å²) in [5.41, 5.74) is 10.7. The summed E-state index contributed by atoms with van der Waals surface area (Å²) >= 11 is 1.86. The fourth-order valence-corrected chi connectivity index (χ4v) is 8.49. The molecule has 0 radical (unpaired) electrons. The van der Waals surface area contributed by atoms with Gasteiger partial charge in [-0.25, -0.2) is 0 Å². The number of hydrogen-bond donors (Lipinski definition) is 0. The maximum absolute atomic E-state index is 4.88. The molecule has 2 heterocycles. The molecule has 8 aromatic rings. The van der Waals surface area contributed by atoms with Crippen LogP contribution in [0.1, 0.15) is 0 Å². The monoisotopic (exact) mass is 611 g/mol. The zero-order valence-corrected chi connectivity index (χ0v) is 27.5. The van der Waals surface area contributed by atoms with Gasteiger partial charge in [-0.15, -0.1) is 11.3 Å². The highest BCUT2D eigenvalue weighted by atomic mass is 32.1. The molecule has 2 aromatic heterocycles. The van der Waals surface area contributed by atoms with Crippen LogP contribution in [0.2, 0.25) is 19.6 Å². The lowest BCUT2D eigenvalue weighted by atomic mass is 9.98. The Morgan fingerprint density at radius 3 is 1.62 bits per heavy atom. The molecule has 0 saturated carbocycles. The molecule has 0 unspecified atom stereocenters. The van der Waals surface area contributed by atoms with Gasteiger partial charge in [-0.3, -0.25) is 4.98 Å². The molecule has 3 heteroatoms. The van der Waals surface area contributed by atoms with Gasteiger partial charge >= 0.3 is 0 Å². The highest BCUT2D eigenvalue weighted by molar-refractivity contribution is 7.25. The van der Waals surface area contributed by atoms with Gasteiger partial charge in [-0.1, -0.05) is 134 Å². The second-order valence-electron chi connectivity index (χ2n) is 12.9. The van der Waals surface area contributed by atoms with Crippen molar-refractivity contribution in [2.75, 3.05) is 0 Å². The van der Waals surface area contributed by atoms with E-state index < -0.39 is 8.07 Å². The smallest absolute Gasteiger partial charge is 0.0775 e. The van der Waals surface area contributed by atoms with E-state index in [9.17, 15) is 0 Å². The normalized spacial score (nSPS) is 11.9. The molecule has 0 saturated heterocycles. The third kappa shape index (κ3) is 5.29. The van der Waals surface area contributed by atoms with Crippen molar-refractivity contribution in [1.82, 2.24) is 4.98 Å². The summed E-state index contributed by atoms with van der Waals surface area (Å²) < 4.78 is 2.68. The Morgan fingerprint density at radius 1 is 0.444 bits per heavy atom. The molecule has 0 aliphatic carbocycles. The van der Waals surface area contributed by atoms with Crippen molar-refractivity contribution < 1.29 is 0 Å². The quantitative estimate of drug-likeness (QED) is 0.176. The van der Waals surface area contributed by atoms with Crippen molar-refractivity contribution >= 4 is 55.7 Å². The van der Waals surface area contributed by atoms with E-state index in [1.54, 1.807) is 0 Å². The molecule has 0 aliphatic heterocycles. The molecule has 0 atom stereocenters. The van der Waals surface area contributed by atoms with Crippen molar-refractivity contribution in [2.24, 2.45) is 0 Å². The molecule has 0 N–H and O–H groups in total. The Bertz CT molecular complexity index is 2320. The number of nitrogens with zero attached hydrogens (tertiary/aromatic N) is 1. The van der Waals surface area contributed by atoms with Gasteiger partial charge in [-0.2, -0.15) is 0 Å². The fourth-order valence-electron chi connectivity index (χ4n) is 6.24. The van der Waals surface area contributed by atoms with Crippen LogP contribution in [0, 0.1) is 0 Å². The molecule has 0 spiro atoms. The second-order valence-corrected chi connectivity index (χ2v) is 19.1. The summed E-state index contributed by atoms with van der Waals surface area (Å²) in [4.78, 5) is 4.88.